The van der Waals surface area contributed by atoms with Crippen molar-refractivity contribution >= 4 is 36.2 Å². The minimum atomic E-state index is -0.878. The summed E-state index contributed by atoms with van der Waals surface area (Å²) in [6, 6.07) is 8.12. The Morgan fingerprint density at radius 1 is 1.11 bits per heavy atom. The van der Waals surface area contributed by atoms with Crippen molar-refractivity contribution in [1.29, 1.82) is 0 Å². The number of carbonyl (C=O) groups excluding carboxylic acids is 2. The van der Waals surface area contributed by atoms with Crippen LogP contribution in [0.1, 0.15) is 78.8 Å². The van der Waals surface area contributed by atoms with Crippen molar-refractivity contribution < 1.29 is 14.0 Å². The first kappa shape index (κ1) is 33.0. The maximum absolute atomic E-state index is 13.4. The SMILES string of the molecule is C=CSN=C.CCC(=O)N(c1ccc(F)cc1)C(C(=O)NC(C)(C)CC)c1ccncc1.CCCC. The molecule has 1 N–H and O–H groups in total. The van der Waals surface area contributed by atoms with E-state index in [0.29, 0.717) is 11.3 Å². The number of carbonyl (C=O) groups is 2. The molecule has 198 valence electrons. The van der Waals surface area contributed by atoms with Crippen molar-refractivity contribution in [2.75, 3.05) is 4.90 Å². The van der Waals surface area contributed by atoms with Crippen LogP contribution in [0.3, 0.4) is 0 Å². The van der Waals surface area contributed by atoms with Crippen LogP contribution in [0, 0.1) is 5.82 Å². The molecule has 36 heavy (non-hydrogen) atoms. The second kappa shape index (κ2) is 18.3. The summed E-state index contributed by atoms with van der Waals surface area (Å²) in [6.07, 6.45) is 6.75. The first-order valence-electron chi connectivity index (χ1n) is 12.1. The Bertz CT molecular complexity index is 913. The van der Waals surface area contributed by atoms with E-state index in [0.717, 1.165) is 6.42 Å². The molecule has 1 heterocycles. The molecule has 0 saturated carbocycles. The van der Waals surface area contributed by atoms with Gasteiger partial charge in [-0.2, -0.15) is 0 Å². The number of nitrogens with one attached hydrogen (secondary N) is 1. The molecule has 2 aromatic rings. The van der Waals surface area contributed by atoms with E-state index in [1.54, 1.807) is 36.9 Å². The molecule has 0 aliphatic carbocycles. The van der Waals surface area contributed by atoms with Gasteiger partial charge in [-0.25, -0.2) is 8.79 Å². The molecule has 2 rings (SSSR count). The van der Waals surface area contributed by atoms with E-state index in [1.165, 1.54) is 54.0 Å². The Balaban J connectivity index is 0.00000117. The lowest BCUT2D eigenvalue weighted by Crippen LogP contribution is -2.50. The standard InChI is InChI=1S/C21H26FN3O2.C4H10.C3H5NS/c1-5-18(26)25(17-9-7-16(22)8-10-17)19(15-11-13-23-14-12-15)20(27)24-21(3,4)6-2;1-3-4-2;1-3-5-4-2/h7-14,19H,5-6H2,1-4H3,(H,24,27);3-4H2,1-2H3;3H,1-2H2. The summed E-state index contributed by atoms with van der Waals surface area (Å²) >= 11 is 1.24. The van der Waals surface area contributed by atoms with Gasteiger partial charge in [-0.05, 0) is 74.4 Å². The summed E-state index contributed by atoms with van der Waals surface area (Å²) in [5.74, 6) is -0.924. The zero-order valence-electron chi connectivity index (χ0n) is 22.5. The average Bonchev–Trinajstić information content (AvgIpc) is 2.88. The van der Waals surface area contributed by atoms with Crippen molar-refractivity contribution in [2.45, 2.75) is 78.8 Å². The number of amides is 2. The molecule has 0 fully saturated rings. The number of aromatic nitrogens is 1. The molecular weight excluding hydrogens is 475 g/mol. The van der Waals surface area contributed by atoms with Crippen LogP contribution < -0.4 is 10.2 Å². The maximum atomic E-state index is 13.4. The summed E-state index contributed by atoms with van der Waals surface area (Å²) in [4.78, 5) is 31.4. The molecule has 0 aliphatic heterocycles. The van der Waals surface area contributed by atoms with Gasteiger partial charge in [0, 0.05) is 42.0 Å². The first-order chi connectivity index (χ1) is 17.1. The third kappa shape index (κ3) is 12.1. The quantitative estimate of drug-likeness (QED) is 0.266. The Morgan fingerprint density at radius 2 is 1.67 bits per heavy atom. The molecule has 0 bridgehead atoms. The van der Waals surface area contributed by atoms with E-state index in [9.17, 15) is 14.0 Å². The van der Waals surface area contributed by atoms with Gasteiger partial charge in [-0.1, -0.05) is 47.1 Å². The van der Waals surface area contributed by atoms with Crippen molar-refractivity contribution in [3.8, 4) is 0 Å². The van der Waals surface area contributed by atoms with Gasteiger partial charge in [-0.3, -0.25) is 19.5 Å². The van der Waals surface area contributed by atoms with Gasteiger partial charge in [0.15, 0.2) is 0 Å². The van der Waals surface area contributed by atoms with E-state index < -0.39 is 17.4 Å². The molecule has 1 aromatic heterocycles. The van der Waals surface area contributed by atoms with Crippen LogP contribution in [0.25, 0.3) is 0 Å². The van der Waals surface area contributed by atoms with Crippen LogP contribution in [0.15, 0.2) is 65.2 Å². The molecule has 0 saturated heterocycles. The summed E-state index contributed by atoms with van der Waals surface area (Å²) in [5, 5.41) is 4.64. The van der Waals surface area contributed by atoms with Gasteiger partial charge in [0.1, 0.15) is 11.9 Å². The highest BCUT2D eigenvalue weighted by Gasteiger charge is 2.34. The minimum absolute atomic E-state index is 0.212. The third-order valence-electron chi connectivity index (χ3n) is 5.20. The Kier molecular flexibility index (Phi) is 16.8. The van der Waals surface area contributed by atoms with Gasteiger partial charge in [0.05, 0.1) is 0 Å². The molecule has 8 heteroatoms. The number of benzene rings is 1. The third-order valence-corrected chi connectivity index (χ3v) is 5.50. The van der Waals surface area contributed by atoms with Crippen LogP contribution in [-0.4, -0.2) is 29.1 Å². The normalized spacial score (nSPS) is 11.0. The first-order valence-corrected chi connectivity index (χ1v) is 13.0. The molecule has 1 unspecified atom stereocenters. The zero-order valence-corrected chi connectivity index (χ0v) is 23.3. The number of unbranched alkanes of at least 4 members (excludes halogenated alkanes) is 1. The fourth-order valence-electron chi connectivity index (χ4n) is 2.72. The lowest BCUT2D eigenvalue weighted by atomic mass is 9.98. The molecule has 2 amide bonds. The molecule has 6 nitrogen and oxygen atoms in total. The van der Waals surface area contributed by atoms with E-state index in [2.05, 4.69) is 41.8 Å². The number of halogens is 1. The average molecular weight is 517 g/mol. The van der Waals surface area contributed by atoms with E-state index in [1.807, 2.05) is 20.8 Å². The highest BCUT2D eigenvalue weighted by molar-refractivity contribution is 8.00. The Morgan fingerprint density at radius 3 is 2.06 bits per heavy atom. The minimum Gasteiger partial charge on any atom is -0.349 e. The number of nitrogens with zero attached hydrogens (tertiary/aromatic N) is 3. The number of hydrogen-bond donors (Lipinski definition) is 1. The Labute approximate surface area is 220 Å². The van der Waals surface area contributed by atoms with Gasteiger partial charge in [0.2, 0.25) is 11.8 Å². The Hall–Kier alpha value is -3.00. The highest BCUT2D eigenvalue weighted by Crippen LogP contribution is 2.29. The topological polar surface area (TPSA) is 74.7 Å². The molecule has 1 atom stereocenters. The summed E-state index contributed by atoms with van der Waals surface area (Å²) in [7, 11) is 0. The highest BCUT2D eigenvalue weighted by atomic mass is 32.2. The van der Waals surface area contributed by atoms with Crippen LogP contribution >= 0.6 is 11.9 Å². The monoisotopic (exact) mass is 516 g/mol. The fraction of sp³-hybridized carbons (Fsp3) is 0.429. The van der Waals surface area contributed by atoms with Gasteiger partial charge < -0.3 is 5.32 Å². The predicted octanol–water partition coefficient (Wildman–Crippen LogP) is 7.29. The van der Waals surface area contributed by atoms with Crippen LogP contribution in [0.5, 0.6) is 0 Å². The second-order valence-electron chi connectivity index (χ2n) is 8.40. The fourth-order valence-corrected chi connectivity index (χ4v) is 2.82. The van der Waals surface area contributed by atoms with Gasteiger partial charge in [-0.15, -0.1) is 0 Å². The number of anilines is 1. The van der Waals surface area contributed by atoms with Crippen LogP contribution in [0.4, 0.5) is 10.1 Å². The molecule has 0 spiro atoms. The van der Waals surface area contributed by atoms with Gasteiger partial charge in [0.25, 0.3) is 0 Å². The van der Waals surface area contributed by atoms with Crippen molar-refractivity contribution in [3.05, 3.63) is 72.2 Å². The van der Waals surface area contributed by atoms with E-state index in [-0.39, 0.29) is 18.2 Å². The van der Waals surface area contributed by atoms with E-state index >= 15 is 0 Å². The van der Waals surface area contributed by atoms with Crippen molar-refractivity contribution in [3.63, 3.8) is 0 Å². The lowest BCUT2D eigenvalue weighted by Gasteiger charge is -2.34. The smallest absolute Gasteiger partial charge is 0.248 e. The van der Waals surface area contributed by atoms with Gasteiger partial charge >= 0.3 is 0 Å². The molecule has 0 radical (unpaired) electrons. The molecule has 0 aliphatic rings. The zero-order chi connectivity index (χ0) is 27.6. The number of rotatable bonds is 10. The number of pyridine rings is 1. The van der Waals surface area contributed by atoms with Crippen molar-refractivity contribution in [1.82, 2.24) is 10.3 Å². The van der Waals surface area contributed by atoms with Crippen LogP contribution in [0.2, 0.25) is 0 Å². The largest absolute Gasteiger partial charge is 0.349 e. The van der Waals surface area contributed by atoms with Crippen molar-refractivity contribution in [2.24, 2.45) is 4.40 Å². The van der Waals surface area contributed by atoms with E-state index in [4.69, 9.17) is 0 Å². The number of hydrogen-bond acceptors (Lipinski definition) is 5. The summed E-state index contributed by atoms with van der Waals surface area (Å²) in [6.45, 7) is 18.5. The second-order valence-corrected chi connectivity index (χ2v) is 9.21. The molecule has 1 aromatic carbocycles. The lowest BCUT2D eigenvalue weighted by molar-refractivity contribution is -0.127. The summed E-state index contributed by atoms with van der Waals surface area (Å²) < 4.78 is 16.8. The molecular formula is C28H41FN4O2S. The predicted molar refractivity (Wildman–Crippen MR) is 152 cm³/mol. The maximum Gasteiger partial charge on any atom is 0.248 e. The van der Waals surface area contributed by atoms with Crippen LogP contribution in [-0.2, 0) is 9.59 Å². The summed E-state index contributed by atoms with van der Waals surface area (Å²) in [5.41, 5.74) is 0.682.